The zero-order valence-corrected chi connectivity index (χ0v) is 6.88. The monoisotopic (exact) mass is 191 g/mol. The topological polar surface area (TPSA) is 21.6 Å². The second-order valence-electron chi connectivity index (χ2n) is 2.42. The van der Waals surface area contributed by atoms with Crippen LogP contribution in [0.25, 0.3) is 0 Å². The molecule has 13 heavy (non-hydrogen) atoms. The van der Waals surface area contributed by atoms with E-state index in [-0.39, 0.29) is 5.90 Å². The van der Waals surface area contributed by atoms with Gasteiger partial charge in [0.1, 0.15) is 5.92 Å². The lowest BCUT2D eigenvalue weighted by molar-refractivity contribution is -0.146. The standard InChI is InChI=1S/C8H8F3NO/c1-13-7-6(8(9,10)11)4-2-3-5-12-7/h2-6H,1H3. The van der Waals surface area contributed by atoms with Gasteiger partial charge < -0.3 is 4.74 Å². The molecule has 1 rings (SSSR count). The van der Waals surface area contributed by atoms with Crippen LogP contribution in [0.1, 0.15) is 0 Å². The summed E-state index contributed by atoms with van der Waals surface area (Å²) in [5.74, 6) is -2.08. The minimum absolute atomic E-state index is 0.336. The predicted molar refractivity (Wildman–Crippen MR) is 42.3 cm³/mol. The molecule has 0 amide bonds. The fourth-order valence-corrected chi connectivity index (χ4v) is 0.933. The summed E-state index contributed by atoms with van der Waals surface area (Å²) >= 11 is 0. The third-order valence-electron chi connectivity index (χ3n) is 1.53. The van der Waals surface area contributed by atoms with Gasteiger partial charge in [-0.05, 0) is 6.08 Å². The molecule has 0 fully saturated rings. The third-order valence-corrected chi connectivity index (χ3v) is 1.53. The summed E-state index contributed by atoms with van der Waals surface area (Å²) < 4.78 is 41.5. The van der Waals surface area contributed by atoms with E-state index in [4.69, 9.17) is 0 Å². The predicted octanol–water partition coefficient (Wildman–Crippen LogP) is 2.29. The summed E-state index contributed by atoms with van der Waals surface area (Å²) in [7, 11) is 1.17. The highest BCUT2D eigenvalue weighted by atomic mass is 19.4. The molecule has 0 aliphatic carbocycles. The lowest BCUT2D eigenvalue weighted by Crippen LogP contribution is -2.29. The molecule has 0 aromatic heterocycles. The molecule has 1 aliphatic rings. The van der Waals surface area contributed by atoms with Gasteiger partial charge in [0, 0.05) is 6.20 Å². The lowest BCUT2D eigenvalue weighted by atomic mass is 10.1. The molecule has 0 saturated heterocycles. The number of ether oxygens (including phenoxy) is 1. The smallest absolute Gasteiger partial charge is 0.403 e. The second kappa shape index (κ2) is 3.64. The minimum Gasteiger partial charge on any atom is -0.483 e. The first kappa shape index (κ1) is 9.83. The Balaban J connectivity index is 2.95. The summed E-state index contributed by atoms with van der Waals surface area (Å²) in [6.07, 6.45) is 0.642. The van der Waals surface area contributed by atoms with E-state index in [2.05, 4.69) is 9.73 Å². The first-order valence-electron chi connectivity index (χ1n) is 3.57. The Bertz CT molecular complexity index is 265. The van der Waals surface area contributed by atoms with Crippen molar-refractivity contribution >= 4 is 5.90 Å². The lowest BCUT2D eigenvalue weighted by Gasteiger charge is -2.16. The van der Waals surface area contributed by atoms with Crippen LogP contribution in [0.2, 0.25) is 0 Å². The van der Waals surface area contributed by atoms with Crippen LogP contribution >= 0.6 is 0 Å². The van der Waals surface area contributed by atoms with Gasteiger partial charge in [-0.2, -0.15) is 13.2 Å². The van der Waals surface area contributed by atoms with Gasteiger partial charge >= 0.3 is 6.18 Å². The number of nitrogens with zero attached hydrogens (tertiary/aromatic N) is 1. The molecule has 0 radical (unpaired) electrons. The molecule has 1 unspecified atom stereocenters. The van der Waals surface area contributed by atoms with Crippen molar-refractivity contribution < 1.29 is 17.9 Å². The van der Waals surface area contributed by atoms with Crippen molar-refractivity contribution in [3.05, 3.63) is 24.4 Å². The van der Waals surface area contributed by atoms with E-state index < -0.39 is 12.1 Å². The van der Waals surface area contributed by atoms with Gasteiger partial charge in [-0.1, -0.05) is 12.2 Å². The molecule has 1 heterocycles. The van der Waals surface area contributed by atoms with Gasteiger partial charge in [0.25, 0.3) is 0 Å². The second-order valence-corrected chi connectivity index (χ2v) is 2.42. The number of halogens is 3. The van der Waals surface area contributed by atoms with E-state index in [0.717, 1.165) is 6.08 Å². The number of hydrogen-bond donors (Lipinski definition) is 0. The Morgan fingerprint density at radius 2 is 2.08 bits per heavy atom. The van der Waals surface area contributed by atoms with Crippen molar-refractivity contribution in [2.45, 2.75) is 6.18 Å². The van der Waals surface area contributed by atoms with E-state index in [1.54, 1.807) is 0 Å². The van der Waals surface area contributed by atoms with Crippen molar-refractivity contribution in [1.82, 2.24) is 0 Å². The van der Waals surface area contributed by atoms with Crippen LogP contribution in [0, 0.1) is 5.92 Å². The Kier molecular flexibility index (Phi) is 2.75. The molecule has 0 aromatic carbocycles. The average Bonchev–Trinajstić information content (AvgIpc) is 2.26. The van der Waals surface area contributed by atoms with Crippen LogP contribution in [0.4, 0.5) is 13.2 Å². The van der Waals surface area contributed by atoms with Gasteiger partial charge in [-0.25, -0.2) is 4.99 Å². The summed E-state index contributed by atoms with van der Waals surface area (Å²) in [5, 5.41) is 0. The normalized spacial score (nSPS) is 22.5. The zero-order chi connectivity index (χ0) is 9.90. The van der Waals surface area contributed by atoms with Crippen LogP contribution in [-0.4, -0.2) is 19.2 Å². The quantitative estimate of drug-likeness (QED) is 0.575. The van der Waals surface area contributed by atoms with Crippen molar-refractivity contribution in [2.75, 3.05) is 7.11 Å². The van der Waals surface area contributed by atoms with Crippen molar-refractivity contribution in [2.24, 2.45) is 10.9 Å². The maximum Gasteiger partial charge on any atom is 0.403 e. The fourth-order valence-electron chi connectivity index (χ4n) is 0.933. The zero-order valence-electron chi connectivity index (χ0n) is 6.88. The highest BCUT2D eigenvalue weighted by Crippen LogP contribution is 2.29. The van der Waals surface area contributed by atoms with E-state index in [9.17, 15) is 13.2 Å². The Hall–Kier alpha value is -1.26. The average molecular weight is 191 g/mol. The third kappa shape index (κ3) is 2.34. The molecule has 0 N–H and O–H groups in total. The van der Waals surface area contributed by atoms with Crippen LogP contribution in [0.3, 0.4) is 0 Å². The number of allylic oxidation sites excluding steroid dienone is 2. The molecule has 1 atom stereocenters. The van der Waals surface area contributed by atoms with Crippen molar-refractivity contribution in [3.63, 3.8) is 0 Å². The first-order valence-corrected chi connectivity index (χ1v) is 3.57. The van der Waals surface area contributed by atoms with Crippen LogP contribution in [0.5, 0.6) is 0 Å². The molecule has 0 saturated carbocycles. The Morgan fingerprint density at radius 1 is 1.38 bits per heavy atom. The molecular weight excluding hydrogens is 183 g/mol. The van der Waals surface area contributed by atoms with E-state index in [1.165, 1.54) is 25.5 Å². The highest BCUT2D eigenvalue weighted by Gasteiger charge is 2.42. The minimum atomic E-state index is -4.35. The Labute approximate surface area is 73.4 Å². The van der Waals surface area contributed by atoms with E-state index in [0.29, 0.717) is 0 Å². The van der Waals surface area contributed by atoms with Crippen LogP contribution < -0.4 is 0 Å². The molecule has 5 heteroatoms. The maximum atomic E-state index is 12.3. The fraction of sp³-hybridized carbons (Fsp3) is 0.375. The highest BCUT2D eigenvalue weighted by molar-refractivity contribution is 5.82. The van der Waals surface area contributed by atoms with Gasteiger partial charge in [0.05, 0.1) is 7.11 Å². The van der Waals surface area contributed by atoms with Crippen molar-refractivity contribution in [1.29, 1.82) is 0 Å². The van der Waals surface area contributed by atoms with Crippen LogP contribution in [0.15, 0.2) is 29.4 Å². The summed E-state index contributed by atoms with van der Waals surface area (Å²) in [5.41, 5.74) is 0. The number of hydrogen-bond acceptors (Lipinski definition) is 2. The van der Waals surface area contributed by atoms with Gasteiger partial charge in [-0.15, -0.1) is 0 Å². The molecular formula is C8H8F3NO. The number of alkyl halides is 3. The van der Waals surface area contributed by atoms with E-state index >= 15 is 0 Å². The first-order chi connectivity index (χ1) is 6.05. The summed E-state index contributed by atoms with van der Waals surface area (Å²) in [6, 6.07) is 0. The molecule has 1 aliphatic heterocycles. The largest absolute Gasteiger partial charge is 0.483 e. The summed E-state index contributed by atoms with van der Waals surface area (Å²) in [4.78, 5) is 3.52. The molecule has 0 bridgehead atoms. The van der Waals surface area contributed by atoms with E-state index in [1.807, 2.05) is 0 Å². The van der Waals surface area contributed by atoms with Gasteiger partial charge in [0.2, 0.25) is 5.90 Å². The maximum absolute atomic E-state index is 12.3. The number of methoxy groups -OCH3 is 1. The van der Waals surface area contributed by atoms with Crippen LogP contribution in [-0.2, 0) is 4.74 Å². The molecule has 2 nitrogen and oxygen atoms in total. The van der Waals surface area contributed by atoms with Gasteiger partial charge in [-0.3, -0.25) is 0 Å². The SMILES string of the molecule is COC1=NC=CC=CC1C(F)(F)F. The molecule has 0 spiro atoms. The molecule has 0 aromatic rings. The number of aliphatic imine (C=N–C) groups is 1. The number of rotatable bonds is 0. The van der Waals surface area contributed by atoms with Gasteiger partial charge in [0.15, 0.2) is 0 Å². The summed E-state index contributed by atoms with van der Waals surface area (Å²) in [6.45, 7) is 0. The molecule has 72 valence electrons. The van der Waals surface area contributed by atoms with Crippen molar-refractivity contribution in [3.8, 4) is 0 Å². The Morgan fingerprint density at radius 3 is 2.62 bits per heavy atom.